The van der Waals surface area contributed by atoms with Gasteiger partial charge in [0.1, 0.15) is 5.82 Å². The third-order valence-corrected chi connectivity index (χ3v) is 4.71. The van der Waals surface area contributed by atoms with Crippen LogP contribution in [0.1, 0.15) is 23.3 Å². The van der Waals surface area contributed by atoms with Crippen LogP contribution in [0.25, 0.3) is 0 Å². The minimum atomic E-state index is -0.493. The topological polar surface area (TPSA) is 102 Å². The molecule has 0 aliphatic carbocycles. The summed E-state index contributed by atoms with van der Waals surface area (Å²) in [4.78, 5) is 24.0. The lowest BCUT2D eigenvalue weighted by Crippen LogP contribution is -2.24. The number of furan rings is 1. The molecule has 10 heteroatoms. The van der Waals surface area contributed by atoms with Crippen molar-refractivity contribution in [2.75, 3.05) is 11.1 Å². The summed E-state index contributed by atoms with van der Waals surface area (Å²) in [6.07, 6.45) is 1.42. The smallest absolute Gasteiger partial charge is 0.287 e. The average molecular weight is 403 g/mol. The Labute approximate surface area is 164 Å². The van der Waals surface area contributed by atoms with Crippen molar-refractivity contribution in [1.82, 2.24) is 20.1 Å². The molecule has 8 nitrogen and oxygen atoms in total. The lowest BCUT2D eigenvalue weighted by Gasteiger charge is -2.08. The minimum absolute atomic E-state index is 0.0468. The second-order valence-corrected chi connectivity index (χ2v) is 6.56. The number of benzene rings is 1. The number of carbonyl (C=O) groups excluding carboxylic acids is 2. The fourth-order valence-corrected chi connectivity index (χ4v) is 3.23. The molecule has 3 aromatic rings. The highest BCUT2D eigenvalue weighted by molar-refractivity contribution is 7.99. The summed E-state index contributed by atoms with van der Waals surface area (Å²) >= 11 is 1.18. The van der Waals surface area contributed by atoms with Crippen molar-refractivity contribution >= 4 is 29.3 Å². The monoisotopic (exact) mass is 403 g/mol. The number of hydrogen-bond donors (Lipinski definition) is 2. The van der Waals surface area contributed by atoms with Gasteiger partial charge in [0.2, 0.25) is 5.91 Å². The van der Waals surface area contributed by atoms with Gasteiger partial charge in [-0.1, -0.05) is 23.9 Å². The Morgan fingerprint density at radius 2 is 2.04 bits per heavy atom. The maximum absolute atomic E-state index is 13.6. The Morgan fingerprint density at radius 3 is 2.75 bits per heavy atom. The van der Waals surface area contributed by atoms with Gasteiger partial charge in [-0.3, -0.25) is 9.59 Å². The number of thioether (sulfide) groups is 1. The molecule has 2 amide bonds. The zero-order valence-corrected chi connectivity index (χ0v) is 15.8. The maximum Gasteiger partial charge on any atom is 0.287 e. The Bertz CT molecular complexity index is 958. The van der Waals surface area contributed by atoms with Crippen LogP contribution in [0.3, 0.4) is 0 Å². The third kappa shape index (κ3) is 4.77. The zero-order valence-electron chi connectivity index (χ0n) is 15.0. The highest BCUT2D eigenvalue weighted by Crippen LogP contribution is 2.18. The van der Waals surface area contributed by atoms with Gasteiger partial charge >= 0.3 is 0 Å². The Morgan fingerprint density at radius 1 is 1.21 bits per heavy atom. The van der Waals surface area contributed by atoms with E-state index in [9.17, 15) is 14.0 Å². The van der Waals surface area contributed by atoms with Gasteiger partial charge in [0.15, 0.2) is 16.7 Å². The fraction of sp³-hybridized carbons (Fsp3) is 0.222. The van der Waals surface area contributed by atoms with E-state index < -0.39 is 5.82 Å². The van der Waals surface area contributed by atoms with Crippen LogP contribution in [0.4, 0.5) is 10.1 Å². The molecule has 2 N–H and O–H groups in total. The van der Waals surface area contributed by atoms with E-state index in [0.717, 1.165) is 0 Å². The van der Waals surface area contributed by atoms with Crippen LogP contribution in [-0.4, -0.2) is 32.3 Å². The molecule has 0 aliphatic rings. The zero-order chi connectivity index (χ0) is 19.9. The lowest BCUT2D eigenvalue weighted by atomic mass is 10.3. The summed E-state index contributed by atoms with van der Waals surface area (Å²) in [5, 5.41) is 13.9. The molecule has 146 valence electrons. The van der Waals surface area contributed by atoms with Gasteiger partial charge < -0.3 is 19.6 Å². The molecule has 0 unspecified atom stereocenters. The second kappa shape index (κ2) is 9.18. The van der Waals surface area contributed by atoms with Gasteiger partial charge in [0.05, 0.1) is 24.2 Å². The van der Waals surface area contributed by atoms with Crippen molar-refractivity contribution < 1.29 is 18.4 Å². The Kier molecular flexibility index (Phi) is 6.43. The minimum Gasteiger partial charge on any atom is -0.459 e. The largest absolute Gasteiger partial charge is 0.459 e. The Hall–Kier alpha value is -3.14. The normalized spacial score (nSPS) is 10.6. The highest BCUT2D eigenvalue weighted by atomic mass is 32.2. The average Bonchev–Trinajstić information content (AvgIpc) is 3.36. The fourth-order valence-electron chi connectivity index (χ4n) is 2.41. The first-order chi connectivity index (χ1) is 13.6. The summed E-state index contributed by atoms with van der Waals surface area (Å²) in [7, 11) is 0. The predicted octanol–water partition coefficient (Wildman–Crippen LogP) is 2.69. The number of hydrogen-bond acceptors (Lipinski definition) is 6. The molecule has 0 aliphatic heterocycles. The van der Waals surface area contributed by atoms with E-state index in [4.69, 9.17) is 4.42 Å². The summed E-state index contributed by atoms with van der Waals surface area (Å²) in [6.45, 7) is 2.64. The highest BCUT2D eigenvalue weighted by Gasteiger charge is 2.15. The van der Waals surface area contributed by atoms with Gasteiger partial charge in [-0.05, 0) is 31.2 Å². The van der Waals surface area contributed by atoms with Crippen LogP contribution in [0.5, 0.6) is 0 Å². The van der Waals surface area contributed by atoms with Crippen LogP contribution in [0, 0.1) is 5.82 Å². The van der Waals surface area contributed by atoms with Crippen LogP contribution in [-0.2, 0) is 17.9 Å². The summed E-state index contributed by atoms with van der Waals surface area (Å²) in [5.41, 5.74) is 0.131. The van der Waals surface area contributed by atoms with Crippen molar-refractivity contribution in [2.24, 2.45) is 0 Å². The van der Waals surface area contributed by atoms with Crippen LogP contribution in [0.2, 0.25) is 0 Å². The molecule has 1 aromatic carbocycles. The van der Waals surface area contributed by atoms with E-state index in [2.05, 4.69) is 20.8 Å². The number of amides is 2. The molecule has 0 bridgehead atoms. The molecule has 0 atom stereocenters. The van der Waals surface area contributed by atoms with Crippen molar-refractivity contribution in [1.29, 1.82) is 0 Å². The maximum atomic E-state index is 13.6. The number of rotatable bonds is 8. The summed E-state index contributed by atoms with van der Waals surface area (Å²) in [5.74, 6) is -0.387. The van der Waals surface area contributed by atoms with E-state index in [1.165, 1.54) is 30.2 Å². The van der Waals surface area contributed by atoms with Crippen LogP contribution in [0.15, 0.2) is 52.2 Å². The molecule has 0 radical (unpaired) electrons. The van der Waals surface area contributed by atoms with Crippen molar-refractivity contribution in [2.45, 2.75) is 25.2 Å². The van der Waals surface area contributed by atoms with E-state index in [1.807, 2.05) is 6.92 Å². The molecule has 2 heterocycles. The number of anilines is 1. The molecule has 0 spiro atoms. The molecule has 0 saturated carbocycles. The molecular weight excluding hydrogens is 385 g/mol. The van der Waals surface area contributed by atoms with Gasteiger partial charge in [-0.15, -0.1) is 10.2 Å². The quantitative estimate of drug-likeness (QED) is 0.561. The van der Waals surface area contributed by atoms with Crippen molar-refractivity contribution in [3.05, 3.63) is 60.1 Å². The molecule has 0 fully saturated rings. The van der Waals surface area contributed by atoms with Crippen LogP contribution >= 0.6 is 11.8 Å². The van der Waals surface area contributed by atoms with Crippen molar-refractivity contribution in [3.8, 4) is 0 Å². The number of nitrogens with one attached hydrogen (secondary N) is 2. The third-order valence-electron chi connectivity index (χ3n) is 3.74. The summed E-state index contributed by atoms with van der Waals surface area (Å²) in [6, 6.07) is 9.16. The first kappa shape index (κ1) is 19.6. The molecule has 3 rings (SSSR count). The number of aromatic nitrogens is 3. The van der Waals surface area contributed by atoms with Gasteiger partial charge in [-0.2, -0.15) is 0 Å². The van der Waals surface area contributed by atoms with Gasteiger partial charge in [0.25, 0.3) is 5.91 Å². The number of halogens is 1. The molecular formula is C18H18FN5O3S. The molecule has 2 aromatic heterocycles. The Balaban J connectivity index is 1.56. The lowest BCUT2D eigenvalue weighted by molar-refractivity contribution is -0.113. The van der Waals surface area contributed by atoms with E-state index in [-0.39, 0.29) is 35.6 Å². The van der Waals surface area contributed by atoms with E-state index >= 15 is 0 Å². The van der Waals surface area contributed by atoms with Crippen LogP contribution < -0.4 is 10.6 Å². The number of carbonyl (C=O) groups is 2. The van der Waals surface area contributed by atoms with E-state index in [0.29, 0.717) is 17.5 Å². The first-order valence-electron chi connectivity index (χ1n) is 8.49. The second-order valence-electron chi connectivity index (χ2n) is 5.62. The molecule has 0 saturated heterocycles. The number of nitrogens with zero attached hydrogens (tertiary/aromatic N) is 3. The van der Waals surface area contributed by atoms with Crippen molar-refractivity contribution in [3.63, 3.8) is 0 Å². The summed E-state index contributed by atoms with van der Waals surface area (Å²) < 4.78 is 20.4. The van der Waals surface area contributed by atoms with Gasteiger partial charge in [0, 0.05) is 6.54 Å². The van der Waals surface area contributed by atoms with E-state index in [1.54, 1.807) is 28.8 Å². The SMILES string of the molecule is CCn1c(CNC(=O)c2ccco2)nnc1SCC(=O)Nc1ccccc1F. The predicted molar refractivity (Wildman–Crippen MR) is 101 cm³/mol. The van der Waals surface area contributed by atoms with Gasteiger partial charge in [-0.25, -0.2) is 4.39 Å². The standard InChI is InChI=1S/C18H18FN5O3S/c1-2-24-15(10-20-17(26)14-8-5-9-27-14)22-23-18(24)28-11-16(25)21-13-7-4-3-6-12(13)19/h3-9H,2,10-11H2,1H3,(H,20,26)(H,21,25). The number of para-hydroxylation sites is 1. The molecule has 28 heavy (non-hydrogen) atoms. The first-order valence-corrected chi connectivity index (χ1v) is 9.48.